The average Bonchev–Trinajstić information content (AvgIpc) is 3.17. The molecule has 8 heteroatoms. The second-order valence-corrected chi connectivity index (χ2v) is 8.50. The summed E-state index contributed by atoms with van der Waals surface area (Å²) >= 11 is 0. The monoisotopic (exact) mass is 500 g/mol. The Labute approximate surface area is 215 Å². The first-order chi connectivity index (χ1) is 17.9. The van der Waals surface area contributed by atoms with Crippen LogP contribution in [0.1, 0.15) is 53.4 Å². The van der Waals surface area contributed by atoms with Crippen molar-refractivity contribution in [3.63, 3.8) is 0 Å². The molecule has 1 atom stereocenters. The van der Waals surface area contributed by atoms with Crippen molar-refractivity contribution in [1.29, 1.82) is 0 Å². The molecule has 1 N–H and O–H groups in total. The Balaban J connectivity index is 1.73. The summed E-state index contributed by atoms with van der Waals surface area (Å²) in [6.07, 6.45) is 3.97. The number of hydrogen-bond acceptors (Lipinski definition) is 7. The Morgan fingerprint density at radius 1 is 1.00 bits per heavy atom. The Morgan fingerprint density at radius 2 is 1.73 bits per heavy atom. The maximum Gasteiger partial charge on any atom is 0.338 e. The lowest BCUT2D eigenvalue weighted by atomic mass is 9.95. The topological polar surface area (TPSA) is 106 Å². The van der Waals surface area contributed by atoms with Gasteiger partial charge < -0.3 is 19.5 Å². The number of aromatic nitrogens is 1. The van der Waals surface area contributed by atoms with Gasteiger partial charge in [-0.25, -0.2) is 4.79 Å². The number of aliphatic hydroxyl groups is 1. The van der Waals surface area contributed by atoms with Crippen LogP contribution in [-0.2, 0) is 20.9 Å². The molecule has 1 saturated heterocycles. The van der Waals surface area contributed by atoms with E-state index in [0.717, 1.165) is 6.42 Å². The zero-order chi connectivity index (χ0) is 26.4. The number of esters is 1. The number of ether oxygens (including phenoxy) is 2. The zero-order valence-corrected chi connectivity index (χ0v) is 20.7. The van der Waals surface area contributed by atoms with Crippen LogP contribution in [0.3, 0.4) is 0 Å². The van der Waals surface area contributed by atoms with Gasteiger partial charge in [0, 0.05) is 24.5 Å². The molecular weight excluding hydrogens is 472 g/mol. The van der Waals surface area contributed by atoms with E-state index < -0.39 is 23.7 Å². The van der Waals surface area contributed by atoms with Crippen LogP contribution in [0, 0.1) is 0 Å². The number of hydrogen-bond donors (Lipinski definition) is 1. The first-order valence-electron chi connectivity index (χ1n) is 12.1. The maximum atomic E-state index is 13.3. The molecule has 1 aliphatic heterocycles. The molecule has 1 aliphatic rings. The molecule has 1 unspecified atom stereocenters. The van der Waals surface area contributed by atoms with Gasteiger partial charge in [0.15, 0.2) is 0 Å². The van der Waals surface area contributed by atoms with Crippen LogP contribution in [0.2, 0.25) is 0 Å². The smallest absolute Gasteiger partial charge is 0.338 e. The number of amides is 1. The van der Waals surface area contributed by atoms with Crippen LogP contribution < -0.4 is 4.74 Å². The highest BCUT2D eigenvalue weighted by atomic mass is 16.5. The van der Waals surface area contributed by atoms with E-state index in [4.69, 9.17) is 9.47 Å². The van der Waals surface area contributed by atoms with Gasteiger partial charge in [0.25, 0.3) is 11.7 Å². The standard InChI is InChI=1S/C29H28N2O6/c1-3-16-37-23-7-5-6-22(17-23)26(32)24-25(20-12-14-30-15-13-20)31(28(34)27(24)33)18-19-8-10-21(11-9-19)29(35)36-4-2/h5-15,17,25,32H,3-4,16,18H2,1-2H3/b26-24+. The van der Waals surface area contributed by atoms with Crippen molar-refractivity contribution in [2.45, 2.75) is 32.9 Å². The Kier molecular flexibility index (Phi) is 7.98. The van der Waals surface area contributed by atoms with E-state index in [-0.39, 0.29) is 24.5 Å². The highest BCUT2D eigenvalue weighted by Crippen LogP contribution is 2.40. The number of Topliss-reactive ketones (excluding diaryl/α,β-unsaturated/α-hetero) is 1. The van der Waals surface area contributed by atoms with Crippen molar-refractivity contribution in [3.8, 4) is 5.75 Å². The summed E-state index contributed by atoms with van der Waals surface area (Å²) < 4.78 is 10.7. The zero-order valence-electron chi connectivity index (χ0n) is 20.7. The van der Waals surface area contributed by atoms with Crippen LogP contribution in [0.4, 0.5) is 0 Å². The van der Waals surface area contributed by atoms with E-state index in [9.17, 15) is 19.5 Å². The van der Waals surface area contributed by atoms with Gasteiger partial charge in [-0.05, 0) is 60.9 Å². The number of likely N-dealkylation sites (tertiary alicyclic amines) is 1. The molecule has 3 aromatic rings. The minimum absolute atomic E-state index is 0.00742. The molecule has 8 nitrogen and oxygen atoms in total. The van der Waals surface area contributed by atoms with E-state index in [1.165, 1.54) is 4.90 Å². The van der Waals surface area contributed by atoms with Crippen molar-refractivity contribution in [1.82, 2.24) is 9.88 Å². The first kappa shape index (κ1) is 25.6. The molecule has 0 aliphatic carbocycles. The van der Waals surface area contributed by atoms with E-state index in [0.29, 0.717) is 34.6 Å². The minimum atomic E-state index is -0.826. The largest absolute Gasteiger partial charge is 0.507 e. The number of benzene rings is 2. The Hall–Kier alpha value is -4.46. The summed E-state index contributed by atoms with van der Waals surface area (Å²) in [5, 5.41) is 11.3. The van der Waals surface area contributed by atoms with Crippen LogP contribution in [-0.4, -0.2) is 45.9 Å². The average molecular weight is 501 g/mol. The molecule has 0 spiro atoms. The molecule has 1 aromatic heterocycles. The molecule has 0 saturated carbocycles. The molecule has 0 radical (unpaired) electrons. The molecule has 1 amide bonds. The highest BCUT2D eigenvalue weighted by Gasteiger charge is 2.46. The number of rotatable bonds is 9. The summed E-state index contributed by atoms with van der Waals surface area (Å²) in [7, 11) is 0. The number of carbonyl (C=O) groups excluding carboxylic acids is 3. The van der Waals surface area contributed by atoms with Gasteiger partial charge in [-0.15, -0.1) is 0 Å². The highest BCUT2D eigenvalue weighted by molar-refractivity contribution is 6.46. The predicted octanol–water partition coefficient (Wildman–Crippen LogP) is 4.67. The van der Waals surface area contributed by atoms with Crippen molar-refractivity contribution in [2.24, 2.45) is 0 Å². The fraction of sp³-hybridized carbons (Fsp3) is 0.241. The number of carbonyl (C=O) groups is 3. The van der Waals surface area contributed by atoms with Crippen LogP contribution in [0.25, 0.3) is 5.76 Å². The molecule has 4 rings (SSSR count). The summed E-state index contributed by atoms with van der Waals surface area (Å²) in [6, 6.07) is 16.1. The van der Waals surface area contributed by atoms with Gasteiger partial charge >= 0.3 is 5.97 Å². The van der Waals surface area contributed by atoms with Gasteiger partial charge in [-0.3, -0.25) is 14.6 Å². The van der Waals surface area contributed by atoms with E-state index in [2.05, 4.69) is 4.98 Å². The third-order valence-electron chi connectivity index (χ3n) is 5.96. The number of nitrogens with zero attached hydrogens (tertiary/aromatic N) is 2. The normalized spacial score (nSPS) is 16.6. The molecule has 0 bridgehead atoms. The van der Waals surface area contributed by atoms with E-state index in [1.807, 2.05) is 6.92 Å². The predicted molar refractivity (Wildman–Crippen MR) is 137 cm³/mol. The van der Waals surface area contributed by atoms with Crippen LogP contribution >= 0.6 is 0 Å². The fourth-order valence-electron chi connectivity index (χ4n) is 4.20. The van der Waals surface area contributed by atoms with Gasteiger partial charge in [0.2, 0.25) is 0 Å². The Bertz CT molecular complexity index is 1320. The fourth-order valence-corrected chi connectivity index (χ4v) is 4.20. The number of ketones is 1. The van der Waals surface area contributed by atoms with Gasteiger partial charge in [-0.1, -0.05) is 31.2 Å². The quantitative estimate of drug-likeness (QED) is 0.197. The second kappa shape index (κ2) is 11.5. The number of pyridine rings is 1. The van der Waals surface area contributed by atoms with Crippen LogP contribution in [0.15, 0.2) is 78.6 Å². The maximum absolute atomic E-state index is 13.3. The summed E-state index contributed by atoms with van der Waals surface area (Å²) in [5.74, 6) is -1.65. The molecule has 2 heterocycles. The number of aliphatic hydroxyl groups excluding tert-OH is 1. The molecule has 1 fully saturated rings. The van der Waals surface area contributed by atoms with Crippen molar-refractivity contribution in [2.75, 3.05) is 13.2 Å². The lowest BCUT2D eigenvalue weighted by Gasteiger charge is -2.25. The van der Waals surface area contributed by atoms with E-state index >= 15 is 0 Å². The lowest BCUT2D eigenvalue weighted by Crippen LogP contribution is -2.29. The molecule has 37 heavy (non-hydrogen) atoms. The molecule has 2 aromatic carbocycles. The molecule has 190 valence electrons. The second-order valence-electron chi connectivity index (χ2n) is 8.50. The van der Waals surface area contributed by atoms with Crippen molar-refractivity contribution >= 4 is 23.4 Å². The van der Waals surface area contributed by atoms with Crippen molar-refractivity contribution in [3.05, 3.63) is 101 Å². The van der Waals surface area contributed by atoms with Crippen molar-refractivity contribution < 1.29 is 29.0 Å². The summed E-state index contributed by atoms with van der Waals surface area (Å²) in [5.41, 5.74) is 2.11. The van der Waals surface area contributed by atoms with Gasteiger partial charge in [0.1, 0.15) is 11.5 Å². The molecular formula is C29H28N2O6. The first-order valence-corrected chi connectivity index (χ1v) is 12.1. The summed E-state index contributed by atoms with van der Waals surface area (Å²) in [4.78, 5) is 43.9. The Morgan fingerprint density at radius 3 is 2.41 bits per heavy atom. The third-order valence-corrected chi connectivity index (χ3v) is 5.96. The minimum Gasteiger partial charge on any atom is -0.507 e. The van der Waals surface area contributed by atoms with Crippen LogP contribution in [0.5, 0.6) is 5.75 Å². The van der Waals surface area contributed by atoms with Gasteiger partial charge in [-0.2, -0.15) is 0 Å². The SMILES string of the molecule is CCCOc1cccc(/C(O)=C2\C(=O)C(=O)N(Cc3ccc(C(=O)OCC)cc3)C2c2ccncc2)c1. The van der Waals surface area contributed by atoms with E-state index in [1.54, 1.807) is 80.0 Å². The summed E-state index contributed by atoms with van der Waals surface area (Å²) in [6.45, 7) is 4.60. The van der Waals surface area contributed by atoms with Gasteiger partial charge in [0.05, 0.1) is 30.4 Å². The third kappa shape index (κ3) is 5.53. The lowest BCUT2D eigenvalue weighted by molar-refractivity contribution is -0.140.